The molecule has 0 amide bonds. The molecule has 4 aromatic rings. The van der Waals surface area contributed by atoms with Crippen LogP contribution in [0.1, 0.15) is 5.56 Å². The monoisotopic (exact) mass is 343 g/mol. The summed E-state index contributed by atoms with van der Waals surface area (Å²) in [6.45, 7) is 0.595. The van der Waals surface area contributed by atoms with Gasteiger partial charge >= 0.3 is 0 Å². The average Bonchev–Trinajstić information content (AvgIpc) is 3.00. The standard InChI is InChI=1S/C16H11Cl2N5/c17-10-2-4-12-11(6-10)15(23-16(18)22-12)19-7-9-1-3-13-14(5-9)21-8-20-13/h1-6,8H,7H2,(H,20,21)(H,19,22,23). The molecule has 0 fully saturated rings. The van der Waals surface area contributed by atoms with E-state index in [4.69, 9.17) is 23.2 Å². The first kappa shape index (κ1) is 14.2. The Morgan fingerprint density at radius 1 is 1.00 bits per heavy atom. The summed E-state index contributed by atoms with van der Waals surface area (Å²) in [7, 11) is 0. The number of benzene rings is 2. The van der Waals surface area contributed by atoms with Crippen LogP contribution in [-0.4, -0.2) is 19.9 Å². The minimum Gasteiger partial charge on any atom is -0.365 e. The van der Waals surface area contributed by atoms with E-state index >= 15 is 0 Å². The van der Waals surface area contributed by atoms with E-state index in [2.05, 4.69) is 25.3 Å². The van der Waals surface area contributed by atoms with Crippen molar-refractivity contribution in [3.05, 3.63) is 58.6 Å². The van der Waals surface area contributed by atoms with E-state index in [1.165, 1.54) is 0 Å². The van der Waals surface area contributed by atoms with Gasteiger partial charge in [-0.1, -0.05) is 17.7 Å². The molecule has 0 unspecified atom stereocenters. The van der Waals surface area contributed by atoms with Gasteiger partial charge in [-0.25, -0.2) is 15.0 Å². The summed E-state index contributed by atoms with van der Waals surface area (Å²) in [5, 5.41) is 4.96. The quantitative estimate of drug-likeness (QED) is 0.540. The van der Waals surface area contributed by atoms with Gasteiger partial charge in [-0.2, -0.15) is 0 Å². The molecule has 23 heavy (non-hydrogen) atoms. The minimum atomic E-state index is 0.199. The Balaban J connectivity index is 1.67. The highest BCUT2D eigenvalue weighted by molar-refractivity contribution is 6.31. The van der Waals surface area contributed by atoms with Crippen molar-refractivity contribution in [3.8, 4) is 0 Å². The number of aromatic nitrogens is 4. The van der Waals surface area contributed by atoms with Crippen molar-refractivity contribution in [3.63, 3.8) is 0 Å². The number of nitrogens with one attached hydrogen (secondary N) is 2. The Kier molecular flexibility index (Phi) is 3.52. The number of halogens is 2. The van der Waals surface area contributed by atoms with Crippen LogP contribution in [0.3, 0.4) is 0 Å². The predicted octanol–water partition coefficient (Wildman–Crippen LogP) is 4.43. The first-order chi connectivity index (χ1) is 11.2. The van der Waals surface area contributed by atoms with Gasteiger partial charge in [-0.05, 0) is 47.5 Å². The molecule has 5 nitrogen and oxygen atoms in total. The molecular weight excluding hydrogens is 333 g/mol. The van der Waals surface area contributed by atoms with Crippen molar-refractivity contribution in [1.82, 2.24) is 19.9 Å². The maximum absolute atomic E-state index is 6.07. The van der Waals surface area contributed by atoms with Crippen molar-refractivity contribution >= 4 is 51.0 Å². The van der Waals surface area contributed by atoms with E-state index in [0.717, 1.165) is 27.5 Å². The zero-order valence-electron chi connectivity index (χ0n) is 11.8. The van der Waals surface area contributed by atoms with Crippen LogP contribution in [0.15, 0.2) is 42.7 Å². The Morgan fingerprint density at radius 3 is 2.83 bits per heavy atom. The van der Waals surface area contributed by atoms with Crippen LogP contribution in [0.4, 0.5) is 5.82 Å². The van der Waals surface area contributed by atoms with Crippen LogP contribution in [0, 0.1) is 0 Å². The molecule has 2 aromatic heterocycles. The smallest absolute Gasteiger partial charge is 0.224 e. The summed E-state index contributed by atoms with van der Waals surface area (Å²) in [6, 6.07) is 11.5. The zero-order chi connectivity index (χ0) is 15.8. The van der Waals surface area contributed by atoms with Crippen LogP contribution < -0.4 is 5.32 Å². The van der Waals surface area contributed by atoms with Crippen molar-refractivity contribution < 1.29 is 0 Å². The summed E-state index contributed by atoms with van der Waals surface area (Å²) in [6.07, 6.45) is 1.68. The Morgan fingerprint density at radius 2 is 1.91 bits per heavy atom. The van der Waals surface area contributed by atoms with Crippen molar-refractivity contribution in [2.45, 2.75) is 6.54 Å². The fraction of sp³-hybridized carbons (Fsp3) is 0.0625. The summed E-state index contributed by atoms with van der Waals surface area (Å²) in [5.41, 5.74) is 3.78. The first-order valence-corrected chi connectivity index (χ1v) is 7.73. The number of imidazole rings is 1. The second kappa shape index (κ2) is 5.68. The number of rotatable bonds is 3. The largest absolute Gasteiger partial charge is 0.365 e. The number of aromatic amines is 1. The highest BCUT2D eigenvalue weighted by atomic mass is 35.5. The lowest BCUT2D eigenvalue weighted by Crippen LogP contribution is -2.03. The third-order valence-electron chi connectivity index (χ3n) is 3.58. The van der Waals surface area contributed by atoms with Crippen molar-refractivity contribution in [2.75, 3.05) is 5.32 Å². The molecule has 0 spiro atoms. The highest BCUT2D eigenvalue weighted by Crippen LogP contribution is 2.26. The van der Waals surface area contributed by atoms with Crippen LogP contribution in [0.2, 0.25) is 10.3 Å². The lowest BCUT2D eigenvalue weighted by atomic mass is 10.2. The van der Waals surface area contributed by atoms with Gasteiger partial charge in [0.1, 0.15) is 5.82 Å². The summed E-state index contributed by atoms with van der Waals surface area (Å²) >= 11 is 12.1. The first-order valence-electron chi connectivity index (χ1n) is 6.98. The normalized spacial score (nSPS) is 11.2. The number of hydrogen-bond donors (Lipinski definition) is 2. The SMILES string of the molecule is Clc1ccc2nc(Cl)nc(NCc3ccc4[nH]cnc4c3)c2c1. The van der Waals surface area contributed by atoms with E-state index in [1.807, 2.05) is 30.3 Å². The van der Waals surface area contributed by atoms with Gasteiger partial charge in [-0.3, -0.25) is 0 Å². The van der Waals surface area contributed by atoms with Gasteiger partial charge in [0.2, 0.25) is 5.28 Å². The van der Waals surface area contributed by atoms with Gasteiger partial charge < -0.3 is 10.3 Å². The summed E-state index contributed by atoms with van der Waals surface area (Å²) in [5.74, 6) is 0.657. The maximum Gasteiger partial charge on any atom is 0.224 e. The number of nitrogens with zero attached hydrogens (tertiary/aromatic N) is 3. The molecule has 0 aliphatic rings. The van der Waals surface area contributed by atoms with E-state index in [1.54, 1.807) is 12.4 Å². The summed E-state index contributed by atoms with van der Waals surface area (Å²) < 4.78 is 0. The molecule has 114 valence electrons. The molecule has 7 heteroatoms. The van der Waals surface area contributed by atoms with Gasteiger partial charge in [0, 0.05) is 17.0 Å². The molecule has 0 saturated carbocycles. The molecule has 2 aromatic carbocycles. The van der Waals surface area contributed by atoms with Crippen molar-refractivity contribution in [2.24, 2.45) is 0 Å². The zero-order valence-corrected chi connectivity index (χ0v) is 13.4. The number of anilines is 1. The average molecular weight is 344 g/mol. The maximum atomic E-state index is 6.07. The van der Waals surface area contributed by atoms with Crippen LogP contribution in [0.5, 0.6) is 0 Å². The van der Waals surface area contributed by atoms with Gasteiger partial charge in [0.05, 0.1) is 22.9 Å². The lowest BCUT2D eigenvalue weighted by molar-refractivity contribution is 1.10. The van der Waals surface area contributed by atoms with Crippen molar-refractivity contribution in [1.29, 1.82) is 0 Å². The van der Waals surface area contributed by atoms with Crippen LogP contribution in [-0.2, 0) is 6.54 Å². The van der Waals surface area contributed by atoms with Gasteiger partial charge in [0.25, 0.3) is 0 Å². The third kappa shape index (κ3) is 2.81. The van der Waals surface area contributed by atoms with Gasteiger partial charge in [-0.15, -0.1) is 0 Å². The topological polar surface area (TPSA) is 66.5 Å². The van der Waals surface area contributed by atoms with E-state index in [9.17, 15) is 0 Å². The fourth-order valence-corrected chi connectivity index (χ4v) is 2.83. The predicted molar refractivity (Wildman–Crippen MR) is 93.0 cm³/mol. The second-order valence-electron chi connectivity index (χ2n) is 5.11. The third-order valence-corrected chi connectivity index (χ3v) is 3.98. The molecular formula is C16H11Cl2N5. The molecule has 2 N–H and O–H groups in total. The Hall–Kier alpha value is -2.37. The molecule has 4 rings (SSSR count). The molecule has 0 aliphatic carbocycles. The lowest BCUT2D eigenvalue weighted by Gasteiger charge is -2.09. The fourth-order valence-electron chi connectivity index (χ4n) is 2.48. The molecule has 0 saturated heterocycles. The van der Waals surface area contributed by atoms with E-state index in [-0.39, 0.29) is 5.28 Å². The minimum absolute atomic E-state index is 0.199. The number of hydrogen-bond acceptors (Lipinski definition) is 4. The summed E-state index contributed by atoms with van der Waals surface area (Å²) in [4.78, 5) is 15.8. The molecule has 0 atom stereocenters. The van der Waals surface area contributed by atoms with Crippen LogP contribution >= 0.6 is 23.2 Å². The Bertz CT molecular complexity index is 1010. The van der Waals surface area contributed by atoms with E-state index in [0.29, 0.717) is 17.4 Å². The molecule has 0 aliphatic heterocycles. The van der Waals surface area contributed by atoms with E-state index < -0.39 is 0 Å². The highest BCUT2D eigenvalue weighted by Gasteiger charge is 2.08. The second-order valence-corrected chi connectivity index (χ2v) is 5.88. The number of fused-ring (bicyclic) bond motifs is 2. The molecule has 0 radical (unpaired) electrons. The molecule has 0 bridgehead atoms. The van der Waals surface area contributed by atoms with Crippen LogP contribution in [0.25, 0.3) is 21.9 Å². The van der Waals surface area contributed by atoms with Gasteiger partial charge in [0.15, 0.2) is 0 Å². The Labute approximate surface area is 141 Å². The number of H-pyrrole nitrogens is 1. The molecule has 2 heterocycles.